The molecule has 5 nitrogen and oxygen atoms in total. The van der Waals surface area contributed by atoms with Crippen molar-refractivity contribution in [2.24, 2.45) is 16.7 Å². The molecule has 1 aromatic carbocycles. The SMILES string of the molecule is CC1(C[N+](C)([O-])[C@H]2CCC3=CC4=CC[C@]5(C)[C@@H](c6ccc7ccncc7c6)CC[C@H]5[C@@]45CC[C@]3(C2)O5)COC1. The van der Waals surface area contributed by atoms with Crippen LogP contribution in [-0.4, -0.2) is 53.7 Å². The highest BCUT2D eigenvalue weighted by molar-refractivity contribution is 5.82. The molecule has 0 N–H and O–H groups in total. The van der Waals surface area contributed by atoms with Crippen LogP contribution in [0.25, 0.3) is 10.8 Å². The summed E-state index contributed by atoms with van der Waals surface area (Å²) in [4.78, 5) is 4.39. The summed E-state index contributed by atoms with van der Waals surface area (Å²) in [7, 11) is 1.91. The average Bonchev–Trinajstić information content (AvgIpc) is 3.42. The standard InChI is InChI=1S/C34H42N2O3/c1-31(21-38-22-31)20-36(3,37)28-7-6-26-17-27-10-12-32(2)29(24-5-4-23-11-15-35-19-25(23)16-24)8-9-30(32)34(27)14-13-33(26,18-28)39-34/h4-5,10-11,15-17,19,28-30H,6-9,12-14,18,20-22H2,1-3H3/t28-,29+,30+,32+,33+,34+,36?/m0/s1. The van der Waals surface area contributed by atoms with Crippen molar-refractivity contribution >= 4 is 10.8 Å². The summed E-state index contributed by atoms with van der Waals surface area (Å²) in [6, 6.07) is 9.23. The quantitative estimate of drug-likeness (QED) is 0.324. The molecule has 6 aliphatic rings. The molecule has 3 aliphatic carbocycles. The number of benzene rings is 1. The zero-order chi connectivity index (χ0) is 26.7. The number of rotatable bonds is 4. The van der Waals surface area contributed by atoms with Gasteiger partial charge in [0.15, 0.2) is 0 Å². The van der Waals surface area contributed by atoms with E-state index in [0.29, 0.717) is 18.4 Å². The second kappa shape index (κ2) is 8.03. The average molecular weight is 527 g/mol. The van der Waals surface area contributed by atoms with Gasteiger partial charge in [0.25, 0.3) is 0 Å². The first kappa shape index (κ1) is 24.7. The van der Waals surface area contributed by atoms with E-state index in [1.807, 2.05) is 19.4 Å². The molecule has 3 aliphatic heterocycles. The van der Waals surface area contributed by atoms with Crippen LogP contribution in [0.15, 0.2) is 60.0 Å². The molecule has 7 atom stereocenters. The van der Waals surface area contributed by atoms with Gasteiger partial charge in [-0.05, 0) is 96.9 Å². The van der Waals surface area contributed by atoms with Gasteiger partial charge < -0.3 is 19.3 Å². The van der Waals surface area contributed by atoms with E-state index in [9.17, 15) is 5.21 Å². The summed E-state index contributed by atoms with van der Waals surface area (Å²) in [5.74, 6) is 1.03. The number of hydrogen-bond donors (Lipinski definition) is 0. The molecule has 8 rings (SSSR count). The summed E-state index contributed by atoms with van der Waals surface area (Å²) in [5.41, 5.74) is 4.14. The molecule has 0 radical (unpaired) electrons. The Bertz CT molecular complexity index is 1410. The lowest BCUT2D eigenvalue weighted by atomic mass is 9.58. The third kappa shape index (κ3) is 3.43. The molecule has 2 saturated heterocycles. The molecule has 2 spiro atoms. The minimum absolute atomic E-state index is 0.0212. The Morgan fingerprint density at radius 1 is 1.08 bits per heavy atom. The predicted molar refractivity (Wildman–Crippen MR) is 153 cm³/mol. The van der Waals surface area contributed by atoms with Crippen molar-refractivity contribution in [3.63, 3.8) is 0 Å². The van der Waals surface area contributed by atoms with Crippen LogP contribution in [0.4, 0.5) is 0 Å². The zero-order valence-corrected chi connectivity index (χ0v) is 23.7. The molecule has 2 saturated carbocycles. The topological polar surface area (TPSA) is 54.4 Å². The van der Waals surface area contributed by atoms with Crippen molar-refractivity contribution in [3.05, 3.63) is 70.7 Å². The Balaban J connectivity index is 1.11. The maximum atomic E-state index is 14.0. The zero-order valence-electron chi connectivity index (χ0n) is 23.7. The number of hydroxylamine groups is 3. The normalized spacial score (nSPS) is 41.5. The Labute approximate surface area is 232 Å². The first-order valence-corrected chi connectivity index (χ1v) is 15.2. The fourth-order valence-electron chi connectivity index (χ4n) is 10.1. The van der Waals surface area contributed by atoms with Crippen LogP contribution in [0.2, 0.25) is 0 Å². The molecule has 5 heteroatoms. The molecule has 1 unspecified atom stereocenters. The van der Waals surface area contributed by atoms with Gasteiger partial charge >= 0.3 is 0 Å². The summed E-state index contributed by atoms with van der Waals surface area (Å²) >= 11 is 0. The molecular weight excluding hydrogens is 484 g/mol. The lowest BCUT2D eigenvalue weighted by Gasteiger charge is -2.58. The molecule has 2 bridgehead atoms. The van der Waals surface area contributed by atoms with Gasteiger partial charge in [0, 0.05) is 30.6 Å². The van der Waals surface area contributed by atoms with E-state index in [1.54, 1.807) is 0 Å². The predicted octanol–water partition coefficient (Wildman–Crippen LogP) is 6.83. The minimum Gasteiger partial charge on any atom is -0.633 e. The van der Waals surface area contributed by atoms with Crippen LogP contribution in [0, 0.1) is 22.0 Å². The maximum Gasteiger partial charge on any atom is 0.0975 e. The summed E-state index contributed by atoms with van der Waals surface area (Å²) < 4.78 is 12.8. The monoisotopic (exact) mass is 526 g/mol. The van der Waals surface area contributed by atoms with E-state index in [2.05, 4.69) is 55.2 Å². The van der Waals surface area contributed by atoms with Crippen molar-refractivity contribution < 1.29 is 14.1 Å². The smallest absolute Gasteiger partial charge is 0.0975 e. The molecule has 0 amide bonds. The van der Waals surface area contributed by atoms with Crippen LogP contribution >= 0.6 is 0 Å². The molecule has 4 heterocycles. The molecule has 206 valence electrons. The van der Waals surface area contributed by atoms with E-state index < -0.39 is 0 Å². The largest absolute Gasteiger partial charge is 0.633 e. The molecule has 39 heavy (non-hydrogen) atoms. The number of ether oxygens (including phenoxy) is 2. The van der Waals surface area contributed by atoms with E-state index in [0.717, 1.165) is 51.7 Å². The Morgan fingerprint density at radius 3 is 2.77 bits per heavy atom. The van der Waals surface area contributed by atoms with Gasteiger partial charge in [-0.2, -0.15) is 0 Å². The summed E-state index contributed by atoms with van der Waals surface area (Å²) in [6.45, 7) is 6.83. The lowest BCUT2D eigenvalue weighted by Crippen LogP contribution is -2.61. The number of quaternary nitrogens is 1. The second-order valence-electron chi connectivity index (χ2n) is 14.7. The first-order chi connectivity index (χ1) is 18.6. The molecular formula is C34H42N2O3. The Morgan fingerprint density at radius 2 is 1.95 bits per heavy atom. The van der Waals surface area contributed by atoms with Gasteiger partial charge in [-0.25, -0.2) is 0 Å². The maximum absolute atomic E-state index is 14.0. The third-order valence-electron chi connectivity index (χ3n) is 12.1. The highest BCUT2D eigenvalue weighted by atomic mass is 16.6. The molecule has 2 aromatic rings. The number of hydrogen-bond acceptors (Lipinski definition) is 4. The van der Waals surface area contributed by atoms with Gasteiger partial charge in [0.05, 0.1) is 49.5 Å². The third-order valence-corrected chi connectivity index (χ3v) is 12.1. The van der Waals surface area contributed by atoms with E-state index in [4.69, 9.17) is 9.47 Å². The molecule has 1 aromatic heterocycles. The summed E-state index contributed by atoms with van der Waals surface area (Å²) in [6.07, 6.45) is 17.5. The van der Waals surface area contributed by atoms with Crippen LogP contribution in [0.3, 0.4) is 0 Å². The highest BCUT2D eigenvalue weighted by Gasteiger charge is 2.67. The van der Waals surface area contributed by atoms with Gasteiger partial charge in [-0.1, -0.05) is 31.2 Å². The Hall–Kier alpha value is -2.05. The fourth-order valence-corrected chi connectivity index (χ4v) is 10.1. The number of aromatic nitrogens is 1. The molecule has 4 fully saturated rings. The van der Waals surface area contributed by atoms with Crippen LogP contribution in [0.1, 0.15) is 76.7 Å². The van der Waals surface area contributed by atoms with Crippen molar-refractivity contribution in [1.82, 2.24) is 4.98 Å². The van der Waals surface area contributed by atoms with E-state index in [1.165, 1.54) is 40.3 Å². The number of pyridine rings is 1. The first-order valence-electron chi connectivity index (χ1n) is 15.2. The number of nitrogens with zero attached hydrogens (tertiary/aromatic N) is 2. The lowest BCUT2D eigenvalue weighted by molar-refractivity contribution is -0.896. The van der Waals surface area contributed by atoms with Gasteiger partial charge in [0.2, 0.25) is 0 Å². The van der Waals surface area contributed by atoms with Gasteiger partial charge in [0.1, 0.15) is 0 Å². The fraction of sp³-hybridized carbons (Fsp3) is 0.618. The van der Waals surface area contributed by atoms with Crippen molar-refractivity contribution in [2.75, 3.05) is 26.8 Å². The van der Waals surface area contributed by atoms with Crippen LogP contribution in [-0.2, 0) is 9.47 Å². The van der Waals surface area contributed by atoms with Crippen molar-refractivity contribution in [2.45, 2.75) is 88.4 Å². The summed E-state index contributed by atoms with van der Waals surface area (Å²) in [5, 5.41) is 16.5. The van der Waals surface area contributed by atoms with E-state index in [-0.39, 0.29) is 32.7 Å². The highest BCUT2D eigenvalue weighted by Crippen LogP contribution is 2.69. The van der Waals surface area contributed by atoms with Crippen molar-refractivity contribution in [1.29, 1.82) is 0 Å². The van der Waals surface area contributed by atoms with Gasteiger partial charge in [-0.15, -0.1) is 0 Å². The van der Waals surface area contributed by atoms with Crippen LogP contribution in [0.5, 0.6) is 0 Å². The Kier molecular flexibility index (Phi) is 5.09. The minimum atomic E-state index is -0.244. The van der Waals surface area contributed by atoms with Crippen molar-refractivity contribution in [3.8, 4) is 0 Å². The second-order valence-corrected chi connectivity index (χ2v) is 14.7. The number of allylic oxidation sites excluding steroid dienone is 1. The van der Waals surface area contributed by atoms with Gasteiger partial charge in [-0.3, -0.25) is 4.98 Å². The van der Waals surface area contributed by atoms with Crippen LogP contribution < -0.4 is 0 Å². The van der Waals surface area contributed by atoms with E-state index >= 15 is 0 Å². The number of fused-ring (bicyclic) bond motifs is 2.